The van der Waals surface area contributed by atoms with Crippen molar-refractivity contribution in [2.24, 2.45) is 7.05 Å². The van der Waals surface area contributed by atoms with E-state index < -0.39 is 0 Å². The molecule has 5 nitrogen and oxygen atoms in total. The molecule has 2 aliphatic rings. The fourth-order valence-corrected chi connectivity index (χ4v) is 13.6. The number of anilines is 6. The Hall–Kier alpha value is -8.74. The summed E-state index contributed by atoms with van der Waals surface area (Å²) in [6.07, 6.45) is 0. The highest BCUT2D eigenvalue weighted by atomic mass is 16.3. The van der Waals surface area contributed by atoms with Crippen LogP contribution in [0.2, 0.25) is 0 Å². The molecule has 0 radical (unpaired) electrons. The Bertz CT molecular complexity index is 4630. The molecular weight excluding hydrogens is 960 g/mol. The zero-order chi connectivity index (χ0) is 54.0. The van der Waals surface area contributed by atoms with Crippen LogP contribution < -0.4 is 26.2 Å². The van der Waals surface area contributed by atoms with Gasteiger partial charge in [0, 0.05) is 90.1 Å². The van der Waals surface area contributed by atoms with Crippen molar-refractivity contribution in [2.45, 2.75) is 78.6 Å². The molecule has 2 aliphatic heterocycles. The van der Waals surface area contributed by atoms with E-state index in [0.29, 0.717) is 0 Å². The lowest BCUT2D eigenvalue weighted by Crippen LogP contribution is -2.62. The first-order chi connectivity index (χ1) is 38.0. The molecule has 15 rings (SSSR count). The topological polar surface area (TPSA) is 29.5 Å². The third-order valence-electron chi connectivity index (χ3n) is 17.6. The average molecular weight is 1020 g/mol. The maximum Gasteiger partial charge on any atom is 0.254 e. The second-order valence-electron chi connectivity index (χ2n) is 25.4. The second kappa shape index (κ2) is 16.6. The van der Waals surface area contributed by atoms with Crippen LogP contribution in [0.25, 0.3) is 82.4 Å². The molecule has 0 N–H and O–H groups in total. The van der Waals surface area contributed by atoms with Gasteiger partial charge < -0.3 is 23.4 Å². The van der Waals surface area contributed by atoms with Gasteiger partial charge in [0.2, 0.25) is 0 Å². The Balaban J connectivity index is 1.15. The van der Waals surface area contributed by atoms with Gasteiger partial charge in [0.05, 0.1) is 16.7 Å². The van der Waals surface area contributed by atoms with Crippen molar-refractivity contribution in [1.29, 1.82) is 0 Å². The minimum Gasteiger partial charge on any atom is -0.455 e. The molecular formula is C73H63BN4O. The van der Waals surface area contributed by atoms with Crippen LogP contribution in [0.5, 0.6) is 0 Å². The molecule has 0 saturated carbocycles. The molecule has 0 saturated heterocycles. The lowest BCUT2D eigenvalue weighted by atomic mass is 9.33. The van der Waals surface area contributed by atoms with Gasteiger partial charge in [-0.05, 0) is 128 Å². The van der Waals surface area contributed by atoms with Crippen LogP contribution in [0.3, 0.4) is 0 Å². The molecule has 10 aromatic carbocycles. The number of fused-ring (bicyclic) bond motifs is 14. The maximum absolute atomic E-state index is 6.95. The summed E-state index contributed by atoms with van der Waals surface area (Å²) >= 11 is 0. The molecule has 5 heterocycles. The van der Waals surface area contributed by atoms with Crippen molar-refractivity contribution < 1.29 is 4.42 Å². The number of hydrogen-bond donors (Lipinski definition) is 0. The van der Waals surface area contributed by atoms with Crippen LogP contribution >= 0.6 is 0 Å². The van der Waals surface area contributed by atoms with Gasteiger partial charge in [0.25, 0.3) is 6.71 Å². The van der Waals surface area contributed by atoms with Gasteiger partial charge in [-0.15, -0.1) is 0 Å². The Morgan fingerprint density at radius 1 is 0.392 bits per heavy atom. The van der Waals surface area contributed by atoms with E-state index in [-0.39, 0.29) is 23.0 Å². The average Bonchev–Trinajstić information content (AvgIpc) is 2.35. The monoisotopic (exact) mass is 1020 g/mol. The van der Waals surface area contributed by atoms with Crippen LogP contribution in [-0.4, -0.2) is 15.8 Å². The molecule has 0 spiro atoms. The smallest absolute Gasteiger partial charge is 0.254 e. The van der Waals surface area contributed by atoms with Crippen molar-refractivity contribution in [1.82, 2.24) is 9.13 Å². The van der Waals surface area contributed by atoms with Crippen molar-refractivity contribution in [3.63, 3.8) is 0 Å². The molecule has 79 heavy (non-hydrogen) atoms. The number of nitrogens with zero attached hydrogens (tertiary/aromatic N) is 4. The summed E-state index contributed by atoms with van der Waals surface area (Å²) in [4.78, 5) is 5.19. The van der Waals surface area contributed by atoms with Gasteiger partial charge in [-0.1, -0.05) is 190 Å². The molecule has 0 unspecified atom stereocenters. The molecule has 0 atom stereocenters. The molecule has 13 aromatic rings. The zero-order valence-corrected chi connectivity index (χ0v) is 46.8. The predicted octanol–water partition coefficient (Wildman–Crippen LogP) is 18.0. The van der Waals surface area contributed by atoms with Gasteiger partial charge in [0.15, 0.2) is 0 Å². The number of benzene rings is 10. The highest BCUT2D eigenvalue weighted by molar-refractivity contribution is 7.01. The molecule has 384 valence electrons. The SMILES string of the molecule is Cn1c2ccccc2c2c(-n3c4ccccc4c4ccccc43)cc3c(c21)B1c2cc(C(C)(C)C)ccc2N(c2ccc(C(C)(C)C)cc2)c2cc(-c4cccc5c4oc4ccccc45)cc(c21)N3c1ccc(C(C)(C)C)cc1. The van der Waals surface area contributed by atoms with E-state index in [4.69, 9.17) is 4.42 Å². The summed E-state index contributed by atoms with van der Waals surface area (Å²) in [5, 5.41) is 7.20. The Morgan fingerprint density at radius 3 is 1.48 bits per heavy atom. The van der Waals surface area contributed by atoms with Crippen LogP contribution in [0.1, 0.15) is 79.0 Å². The standard InChI is InChI=1S/C73H63BN4O/c1-71(2,3)45-30-35-48(36-31-45)76-60-39-34-47(73(7,8)9)42-56(60)74-67-62(76)40-44(50-24-19-25-54-53-22-14-18-29-65(53)79-70(50)54)41-63(67)77(49-37-32-46(33-38-49)72(4,5)6)64-43-61(66-55-23-13-15-26-57(55)75(10)69(66)68(64)74)78-58-27-16-11-20-51(58)52-21-12-17-28-59(52)78/h11-43H,1-10H3. The van der Waals surface area contributed by atoms with Crippen molar-refractivity contribution in [2.75, 3.05) is 9.80 Å². The first kappa shape index (κ1) is 47.5. The minimum absolute atomic E-state index is 0.00972. The molecule has 6 heteroatoms. The summed E-state index contributed by atoms with van der Waals surface area (Å²) in [5.74, 6) is 0. The van der Waals surface area contributed by atoms with E-state index in [9.17, 15) is 0 Å². The molecule has 0 bridgehead atoms. The summed E-state index contributed by atoms with van der Waals surface area (Å²) in [5.41, 5.74) is 24.4. The third kappa shape index (κ3) is 6.96. The van der Waals surface area contributed by atoms with Gasteiger partial charge in [-0.2, -0.15) is 0 Å². The van der Waals surface area contributed by atoms with E-state index in [0.717, 1.165) is 67.2 Å². The summed E-state index contributed by atoms with van der Waals surface area (Å²) in [7, 11) is 2.30. The van der Waals surface area contributed by atoms with E-state index in [1.165, 1.54) is 82.4 Å². The zero-order valence-electron chi connectivity index (χ0n) is 46.8. The largest absolute Gasteiger partial charge is 0.455 e. The Morgan fingerprint density at radius 2 is 0.886 bits per heavy atom. The van der Waals surface area contributed by atoms with Crippen molar-refractivity contribution in [3.8, 4) is 16.8 Å². The highest BCUT2D eigenvalue weighted by Crippen LogP contribution is 2.51. The summed E-state index contributed by atoms with van der Waals surface area (Å²) in [6.45, 7) is 20.7. The van der Waals surface area contributed by atoms with Gasteiger partial charge in [-0.25, -0.2) is 0 Å². The van der Waals surface area contributed by atoms with Crippen LogP contribution in [-0.2, 0) is 23.3 Å². The van der Waals surface area contributed by atoms with E-state index in [2.05, 4.69) is 288 Å². The predicted molar refractivity (Wildman–Crippen MR) is 338 cm³/mol. The van der Waals surface area contributed by atoms with Crippen LogP contribution in [0, 0.1) is 0 Å². The number of furan rings is 1. The molecule has 0 aliphatic carbocycles. The minimum atomic E-state index is -0.166. The highest BCUT2D eigenvalue weighted by Gasteiger charge is 2.46. The maximum atomic E-state index is 6.95. The van der Waals surface area contributed by atoms with E-state index in [1.54, 1.807) is 0 Å². The lowest BCUT2D eigenvalue weighted by Gasteiger charge is -2.45. The van der Waals surface area contributed by atoms with E-state index in [1.807, 2.05) is 0 Å². The Kier molecular flexibility index (Phi) is 10.0. The third-order valence-corrected chi connectivity index (χ3v) is 17.6. The normalized spacial score (nSPS) is 13.6. The van der Waals surface area contributed by atoms with E-state index >= 15 is 0 Å². The molecule has 3 aromatic heterocycles. The van der Waals surface area contributed by atoms with Crippen molar-refractivity contribution >= 4 is 123 Å². The fourth-order valence-electron chi connectivity index (χ4n) is 13.6. The number of aryl methyl sites for hydroxylation is 1. The second-order valence-corrected chi connectivity index (χ2v) is 25.4. The quantitative estimate of drug-likeness (QED) is 0.165. The number of hydrogen-bond acceptors (Lipinski definition) is 3. The van der Waals surface area contributed by atoms with Crippen molar-refractivity contribution in [3.05, 3.63) is 217 Å². The van der Waals surface area contributed by atoms with Crippen LogP contribution in [0.4, 0.5) is 34.1 Å². The van der Waals surface area contributed by atoms with Gasteiger partial charge in [-0.3, -0.25) is 0 Å². The van der Waals surface area contributed by atoms with Crippen LogP contribution in [0.15, 0.2) is 205 Å². The number of aromatic nitrogens is 2. The Labute approximate surface area is 463 Å². The number of para-hydroxylation sites is 5. The first-order valence-electron chi connectivity index (χ1n) is 28.1. The lowest BCUT2D eigenvalue weighted by molar-refractivity contribution is 0.590. The van der Waals surface area contributed by atoms with Gasteiger partial charge in [0.1, 0.15) is 11.2 Å². The van der Waals surface area contributed by atoms with Gasteiger partial charge >= 0.3 is 0 Å². The molecule has 0 fully saturated rings. The first-order valence-corrected chi connectivity index (χ1v) is 28.1. The number of rotatable bonds is 4. The summed E-state index contributed by atoms with van der Waals surface area (Å²) < 4.78 is 12.0. The molecule has 0 amide bonds. The fraction of sp³-hybridized carbons (Fsp3) is 0.178. The summed E-state index contributed by atoms with van der Waals surface area (Å²) in [6, 6.07) is 75.8.